The lowest BCUT2D eigenvalue weighted by atomic mass is 9.89. The minimum atomic E-state index is -0.704. The number of benzene rings is 1. The van der Waals surface area contributed by atoms with Gasteiger partial charge in [0.1, 0.15) is 5.75 Å². The molecule has 0 aromatic heterocycles. The highest BCUT2D eigenvalue weighted by Crippen LogP contribution is 2.44. The predicted molar refractivity (Wildman–Crippen MR) is 70.2 cm³/mol. The van der Waals surface area contributed by atoms with Crippen LogP contribution < -0.4 is 4.74 Å². The molecule has 3 nitrogen and oxygen atoms in total. The van der Waals surface area contributed by atoms with Gasteiger partial charge in [0.05, 0.1) is 12.5 Å². The third-order valence-corrected chi connectivity index (χ3v) is 3.56. The maximum absolute atomic E-state index is 11.4. The summed E-state index contributed by atoms with van der Waals surface area (Å²) in [7, 11) is 0. The van der Waals surface area contributed by atoms with Gasteiger partial charge in [-0.15, -0.1) is 0 Å². The van der Waals surface area contributed by atoms with Crippen LogP contribution in [0.4, 0.5) is 0 Å². The van der Waals surface area contributed by atoms with Gasteiger partial charge in [0.15, 0.2) is 0 Å². The lowest BCUT2D eigenvalue weighted by Crippen LogP contribution is -2.15. The first kappa shape index (κ1) is 12.9. The van der Waals surface area contributed by atoms with Crippen LogP contribution in [0, 0.1) is 19.8 Å². The Labute approximate surface area is 108 Å². The van der Waals surface area contributed by atoms with E-state index < -0.39 is 5.97 Å². The van der Waals surface area contributed by atoms with E-state index in [0.29, 0.717) is 12.5 Å². The molecule has 0 heterocycles. The Hall–Kier alpha value is -1.51. The molecule has 0 aliphatic heterocycles. The van der Waals surface area contributed by atoms with Gasteiger partial charge in [-0.3, -0.25) is 4.79 Å². The average molecular weight is 248 g/mol. The van der Waals surface area contributed by atoms with Gasteiger partial charge < -0.3 is 9.84 Å². The summed E-state index contributed by atoms with van der Waals surface area (Å²) in [5.74, 6) is 0.126. The zero-order chi connectivity index (χ0) is 13.3. The molecule has 0 amide bonds. The third-order valence-electron chi connectivity index (χ3n) is 3.56. The smallest absolute Gasteiger partial charge is 0.311 e. The Bertz CT molecular complexity index is 461. The summed E-state index contributed by atoms with van der Waals surface area (Å²) in [5.41, 5.74) is 2.98. The van der Waals surface area contributed by atoms with E-state index in [4.69, 9.17) is 4.74 Å². The highest BCUT2D eigenvalue weighted by molar-refractivity contribution is 5.78. The molecule has 1 fully saturated rings. The van der Waals surface area contributed by atoms with Gasteiger partial charge >= 0.3 is 5.97 Å². The molecule has 3 heteroatoms. The number of hydrogen-bond acceptors (Lipinski definition) is 2. The molecule has 1 aliphatic rings. The highest BCUT2D eigenvalue weighted by Gasteiger charge is 2.38. The Morgan fingerprint density at radius 1 is 1.39 bits per heavy atom. The first-order valence-corrected chi connectivity index (χ1v) is 6.51. The number of hydrogen-bond donors (Lipinski definition) is 1. The number of carboxylic acid groups (broad SMARTS) is 1. The molecule has 1 N–H and O–H groups in total. The van der Waals surface area contributed by atoms with Crippen LogP contribution in [0.15, 0.2) is 12.1 Å². The summed E-state index contributed by atoms with van der Waals surface area (Å²) in [4.78, 5) is 11.4. The fourth-order valence-electron chi connectivity index (χ4n) is 2.48. The summed E-state index contributed by atoms with van der Waals surface area (Å²) < 4.78 is 5.54. The largest absolute Gasteiger partial charge is 0.494 e. The molecule has 1 atom stereocenters. The van der Waals surface area contributed by atoms with Crippen LogP contribution in [0.3, 0.4) is 0 Å². The van der Waals surface area contributed by atoms with Crippen molar-refractivity contribution in [3.8, 4) is 5.75 Å². The SMILES string of the molecule is CCOc1cc(C)c(C(C(=O)O)C2CC2)cc1C. The maximum atomic E-state index is 11.4. The lowest BCUT2D eigenvalue weighted by molar-refractivity contribution is -0.139. The van der Waals surface area contributed by atoms with Gasteiger partial charge in [-0.1, -0.05) is 6.07 Å². The zero-order valence-electron chi connectivity index (χ0n) is 11.2. The molecule has 2 rings (SSSR count). The predicted octanol–water partition coefficient (Wildman–Crippen LogP) is 3.28. The van der Waals surface area contributed by atoms with E-state index in [0.717, 1.165) is 35.3 Å². The Kier molecular flexibility index (Phi) is 3.60. The molecule has 1 aromatic rings. The van der Waals surface area contributed by atoms with Gasteiger partial charge in [-0.25, -0.2) is 0 Å². The number of rotatable bonds is 5. The number of carboxylic acids is 1. The van der Waals surface area contributed by atoms with Crippen molar-refractivity contribution in [1.29, 1.82) is 0 Å². The van der Waals surface area contributed by atoms with Gasteiger partial charge in [0, 0.05) is 0 Å². The Morgan fingerprint density at radius 2 is 2.06 bits per heavy atom. The summed E-state index contributed by atoms with van der Waals surface area (Å²) in [6, 6.07) is 3.95. The minimum absolute atomic E-state index is 0.318. The summed E-state index contributed by atoms with van der Waals surface area (Å²) in [6.45, 7) is 6.52. The number of carbonyl (C=O) groups is 1. The van der Waals surface area contributed by atoms with Crippen molar-refractivity contribution in [1.82, 2.24) is 0 Å². The molecule has 1 aliphatic carbocycles. The zero-order valence-corrected chi connectivity index (χ0v) is 11.2. The van der Waals surface area contributed by atoms with Crippen LogP contribution in [0.1, 0.15) is 42.4 Å². The lowest BCUT2D eigenvalue weighted by Gasteiger charge is -2.17. The minimum Gasteiger partial charge on any atom is -0.494 e. The monoisotopic (exact) mass is 248 g/mol. The van der Waals surface area contributed by atoms with Gasteiger partial charge in [-0.2, -0.15) is 0 Å². The van der Waals surface area contributed by atoms with Crippen LogP contribution in [0.2, 0.25) is 0 Å². The first-order valence-electron chi connectivity index (χ1n) is 6.51. The molecule has 0 radical (unpaired) electrons. The topological polar surface area (TPSA) is 46.5 Å². The fraction of sp³-hybridized carbons (Fsp3) is 0.533. The van der Waals surface area contributed by atoms with Gasteiger partial charge in [0.25, 0.3) is 0 Å². The Balaban J connectivity index is 2.38. The molecule has 0 saturated heterocycles. The molecule has 0 spiro atoms. The van der Waals surface area contributed by atoms with E-state index in [9.17, 15) is 9.90 Å². The summed E-state index contributed by atoms with van der Waals surface area (Å²) in [6.07, 6.45) is 2.06. The van der Waals surface area contributed by atoms with Crippen molar-refractivity contribution in [3.05, 3.63) is 28.8 Å². The van der Waals surface area contributed by atoms with Crippen LogP contribution in [0.25, 0.3) is 0 Å². The van der Waals surface area contributed by atoms with E-state index >= 15 is 0 Å². The maximum Gasteiger partial charge on any atom is 0.311 e. The van der Waals surface area contributed by atoms with Crippen LogP contribution >= 0.6 is 0 Å². The first-order chi connectivity index (χ1) is 8.54. The van der Waals surface area contributed by atoms with Gasteiger partial charge in [0.2, 0.25) is 0 Å². The second kappa shape index (κ2) is 5.01. The normalized spacial score (nSPS) is 16.4. The van der Waals surface area contributed by atoms with E-state index in [1.54, 1.807) is 0 Å². The average Bonchev–Trinajstić information content (AvgIpc) is 3.09. The number of ether oxygens (including phenoxy) is 1. The number of aryl methyl sites for hydroxylation is 2. The Morgan fingerprint density at radius 3 is 2.56 bits per heavy atom. The van der Waals surface area contributed by atoms with Crippen molar-refractivity contribution >= 4 is 5.97 Å². The van der Waals surface area contributed by atoms with Crippen molar-refractivity contribution < 1.29 is 14.6 Å². The fourth-order valence-corrected chi connectivity index (χ4v) is 2.48. The van der Waals surface area contributed by atoms with Crippen molar-refractivity contribution in [2.45, 2.75) is 39.5 Å². The van der Waals surface area contributed by atoms with Crippen LogP contribution in [-0.2, 0) is 4.79 Å². The molecule has 98 valence electrons. The number of aliphatic carboxylic acids is 1. The summed E-state index contributed by atoms with van der Waals surface area (Å²) in [5, 5.41) is 9.39. The second-order valence-electron chi connectivity index (χ2n) is 5.06. The molecule has 1 unspecified atom stereocenters. The van der Waals surface area contributed by atoms with E-state index in [-0.39, 0.29) is 5.92 Å². The molecular weight excluding hydrogens is 228 g/mol. The highest BCUT2D eigenvalue weighted by atomic mass is 16.5. The van der Waals surface area contributed by atoms with E-state index in [2.05, 4.69) is 0 Å². The van der Waals surface area contributed by atoms with Gasteiger partial charge in [-0.05, 0) is 62.3 Å². The second-order valence-corrected chi connectivity index (χ2v) is 5.06. The standard InChI is InChI=1S/C15H20O3/c1-4-18-13-8-9(2)12(7-10(13)3)14(15(16)17)11-5-6-11/h7-8,11,14H,4-6H2,1-3H3,(H,16,17). The van der Waals surface area contributed by atoms with Crippen molar-refractivity contribution in [3.63, 3.8) is 0 Å². The molecular formula is C15H20O3. The summed E-state index contributed by atoms with van der Waals surface area (Å²) >= 11 is 0. The molecule has 0 bridgehead atoms. The van der Waals surface area contributed by atoms with E-state index in [1.165, 1.54) is 0 Å². The van der Waals surface area contributed by atoms with Crippen LogP contribution in [0.5, 0.6) is 5.75 Å². The molecule has 18 heavy (non-hydrogen) atoms. The quantitative estimate of drug-likeness (QED) is 0.869. The van der Waals surface area contributed by atoms with Crippen molar-refractivity contribution in [2.75, 3.05) is 6.61 Å². The van der Waals surface area contributed by atoms with Crippen LogP contribution in [-0.4, -0.2) is 17.7 Å². The van der Waals surface area contributed by atoms with E-state index in [1.807, 2.05) is 32.9 Å². The van der Waals surface area contributed by atoms with Crippen molar-refractivity contribution in [2.24, 2.45) is 5.92 Å². The molecule has 1 saturated carbocycles. The molecule has 1 aromatic carbocycles. The third kappa shape index (κ3) is 2.50.